The number of anilines is 2. The molecule has 0 radical (unpaired) electrons. The molecule has 0 atom stereocenters. The fourth-order valence-corrected chi connectivity index (χ4v) is 2.06. The number of nitrogens with two attached hydrogens (primary N) is 1. The minimum Gasteiger partial charge on any atom is -0.465 e. The van der Waals surface area contributed by atoms with Crippen molar-refractivity contribution in [2.24, 2.45) is 0 Å². The zero-order valence-electron chi connectivity index (χ0n) is 9.41. The molecule has 5 nitrogen and oxygen atoms in total. The predicted octanol–water partition coefficient (Wildman–Crippen LogP) is 1.57. The van der Waals surface area contributed by atoms with Gasteiger partial charge in [0.15, 0.2) is 0 Å². The van der Waals surface area contributed by atoms with Crippen LogP contribution in [0.25, 0.3) is 0 Å². The monoisotopic (exact) mass is 244 g/mol. The molecule has 0 spiro atoms. The van der Waals surface area contributed by atoms with Crippen molar-refractivity contribution in [3.8, 4) is 0 Å². The van der Waals surface area contributed by atoms with E-state index in [-0.39, 0.29) is 0 Å². The van der Waals surface area contributed by atoms with Crippen LogP contribution in [0.2, 0.25) is 0 Å². The van der Waals surface area contributed by atoms with E-state index in [1.165, 1.54) is 18.4 Å². The largest absolute Gasteiger partial charge is 0.465 e. The Kier molecular flexibility index (Phi) is 5.07. The number of thiophene rings is 1. The third kappa shape index (κ3) is 3.39. The number of nitrogen functional groups attached to an aromatic ring is 1. The molecule has 0 unspecified atom stereocenters. The Hall–Kier alpha value is -1.27. The first-order valence-electron chi connectivity index (χ1n) is 4.98. The fourth-order valence-electron chi connectivity index (χ4n) is 1.14. The number of carbonyl (C=O) groups is 1. The highest BCUT2D eigenvalue weighted by Crippen LogP contribution is 2.29. The lowest BCUT2D eigenvalue weighted by Crippen LogP contribution is -2.07. The van der Waals surface area contributed by atoms with Gasteiger partial charge in [0.05, 0.1) is 24.4 Å². The van der Waals surface area contributed by atoms with E-state index in [0.29, 0.717) is 30.3 Å². The highest BCUT2D eigenvalue weighted by atomic mass is 32.1. The van der Waals surface area contributed by atoms with Crippen molar-refractivity contribution in [3.63, 3.8) is 0 Å². The lowest BCUT2D eigenvalue weighted by Gasteiger charge is -2.02. The molecule has 0 saturated heterocycles. The molecule has 6 heteroatoms. The van der Waals surface area contributed by atoms with Crippen LogP contribution in [0.4, 0.5) is 10.7 Å². The van der Waals surface area contributed by atoms with Gasteiger partial charge in [0.2, 0.25) is 0 Å². The first-order valence-corrected chi connectivity index (χ1v) is 5.80. The molecule has 1 rings (SSSR count). The van der Waals surface area contributed by atoms with E-state index in [2.05, 4.69) is 10.1 Å². The van der Waals surface area contributed by atoms with E-state index in [9.17, 15) is 4.79 Å². The van der Waals surface area contributed by atoms with Gasteiger partial charge < -0.3 is 20.5 Å². The van der Waals surface area contributed by atoms with Gasteiger partial charge in [-0.2, -0.15) is 0 Å². The van der Waals surface area contributed by atoms with E-state index in [4.69, 9.17) is 10.5 Å². The topological polar surface area (TPSA) is 73.6 Å². The molecule has 0 fully saturated rings. The third-order valence-corrected chi connectivity index (χ3v) is 2.97. The predicted molar refractivity (Wildman–Crippen MR) is 65.1 cm³/mol. The summed E-state index contributed by atoms with van der Waals surface area (Å²) >= 11 is 1.28. The van der Waals surface area contributed by atoms with Crippen LogP contribution in [0.15, 0.2) is 6.07 Å². The molecule has 0 bridgehead atoms. The van der Waals surface area contributed by atoms with Crippen LogP contribution in [0.3, 0.4) is 0 Å². The average Bonchev–Trinajstić information content (AvgIpc) is 2.65. The number of rotatable bonds is 6. The summed E-state index contributed by atoms with van der Waals surface area (Å²) in [6, 6.07) is 1.73. The van der Waals surface area contributed by atoms with Crippen molar-refractivity contribution in [3.05, 3.63) is 10.9 Å². The second kappa shape index (κ2) is 6.34. The lowest BCUT2D eigenvalue weighted by atomic mass is 10.4. The molecular formula is C10H16N2O3S. The van der Waals surface area contributed by atoms with E-state index in [1.807, 2.05) is 6.92 Å². The number of esters is 1. The maximum atomic E-state index is 11.3. The van der Waals surface area contributed by atoms with Crippen LogP contribution in [-0.4, -0.2) is 32.8 Å². The Bertz CT molecular complexity index is 352. The van der Waals surface area contributed by atoms with Gasteiger partial charge in [-0.3, -0.25) is 0 Å². The van der Waals surface area contributed by atoms with Gasteiger partial charge in [-0.15, -0.1) is 11.3 Å². The molecule has 3 N–H and O–H groups in total. The van der Waals surface area contributed by atoms with Crippen LogP contribution < -0.4 is 11.1 Å². The summed E-state index contributed by atoms with van der Waals surface area (Å²) in [4.78, 5) is 11.7. The van der Waals surface area contributed by atoms with Gasteiger partial charge in [-0.05, 0) is 13.0 Å². The normalized spacial score (nSPS) is 10.1. The summed E-state index contributed by atoms with van der Waals surface area (Å²) in [5, 5.41) is 3.97. The summed E-state index contributed by atoms with van der Waals surface area (Å²) < 4.78 is 9.79. The molecular weight excluding hydrogens is 228 g/mol. The molecule has 0 amide bonds. The third-order valence-electron chi connectivity index (χ3n) is 1.88. The second-order valence-electron chi connectivity index (χ2n) is 3.01. The molecule has 90 valence electrons. The molecule has 1 aromatic rings. The molecule has 0 aliphatic carbocycles. The lowest BCUT2D eigenvalue weighted by molar-refractivity contribution is 0.0607. The van der Waals surface area contributed by atoms with E-state index >= 15 is 0 Å². The summed E-state index contributed by atoms with van der Waals surface area (Å²) in [7, 11) is 1.34. The van der Waals surface area contributed by atoms with Crippen LogP contribution in [-0.2, 0) is 9.47 Å². The summed E-state index contributed by atoms with van der Waals surface area (Å²) in [5.41, 5.74) is 6.13. The first-order chi connectivity index (χ1) is 7.69. The molecule has 1 aromatic heterocycles. The molecule has 0 aromatic carbocycles. The number of ether oxygens (including phenoxy) is 2. The fraction of sp³-hybridized carbons (Fsp3) is 0.500. The van der Waals surface area contributed by atoms with E-state index in [0.717, 1.165) is 5.00 Å². The Morgan fingerprint density at radius 2 is 2.38 bits per heavy atom. The van der Waals surface area contributed by atoms with Gasteiger partial charge in [0, 0.05) is 13.2 Å². The van der Waals surface area contributed by atoms with Crippen LogP contribution >= 0.6 is 11.3 Å². The van der Waals surface area contributed by atoms with Gasteiger partial charge in [-0.25, -0.2) is 4.79 Å². The van der Waals surface area contributed by atoms with Gasteiger partial charge in [0.1, 0.15) is 4.88 Å². The zero-order valence-corrected chi connectivity index (χ0v) is 10.2. The smallest absolute Gasteiger partial charge is 0.350 e. The number of carbonyl (C=O) groups excluding carboxylic acids is 1. The highest BCUT2D eigenvalue weighted by molar-refractivity contribution is 7.18. The van der Waals surface area contributed by atoms with E-state index in [1.54, 1.807) is 6.07 Å². The Balaban J connectivity index is 2.52. The van der Waals surface area contributed by atoms with Gasteiger partial charge in [0.25, 0.3) is 0 Å². The summed E-state index contributed by atoms with van der Waals surface area (Å²) in [6.07, 6.45) is 0. The maximum absolute atomic E-state index is 11.3. The maximum Gasteiger partial charge on any atom is 0.350 e. The molecule has 0 saturated carbocycles. The van der Waals surface area contributed by atoms with Crippen molar-refractivity contribution in [1.82, 2.24) is 0 Å². The Morgan fingerprint density at radius 3 is 3.00 bits per heavy atom. The Morgan fingerprint density at radius 1 is 1.62 bits per heavy atom. The quantitative estimate of drug-likeness (QED) is 0.587. The van der Waals surface area contributed by atoms with Crippen molar-refractivity contribution < 1.29 is 14.3 Å². The highest BCUT2D eigenvalue weighted by Gasteiger charge is 2.14. The van der Waals surface area contributed by atoms with Crippen molar-refractivity contribution in [2.45, 2.75) is 6.92 Å². The van der Waals surface area contributed by atoms with Crippen molar-refractivity contribution >= 4 is 28.0 Å². The summed E-state index contributed by atoms with van der Waals surface area (Å²) in [5.74, 6) is -0.402. The van der Waals surface area contributed by atoms with Crippen molar-refractivity contribution in [1.29, 1.82) is 0 Å². The number of methoxy groups -OCH3 is 1. The standard InChI is InChI=1S/C10H16N2O3S/c1-3-15-5-4-12-8-6-7(11)9(16-8)10(13)14-2/h6,12H,3-5,11H2,1-2H3. The first kappa shape index (κ1) is 12.8. The molecule has 0 aliphatic heterocycles. The van der Waals surface area contributed by atoms with Crippen LogP contribution in [0, 0.1) is 0 Å². The number of hydrogen-bond donors (Lipinski definition) is 2. The van der Waals surface area contributed by atoms with Gasteiger partial charge in [-0.1, -0.05) is 0 Å². The number of nitrogens with one attached hydrogen (secondary N) is 1. The van der Waals surface area contributed by atoms with Crippen LogP contribution in [0.1, 0.15) is 16.6 Å². The Labute approximate surface area is 98.5 Å². The summed E-state index contributed by atoms with van der Waals surface area (Å²) in [6.45, 7) is 3.95. The SMILES string of the molecule is CCOCCNc1cc(N)c(C(=O)OC)s1. The zero-order chi connectivity index (χ0) is 12.0. The minimum atomic E-state index is -0.402. The molecule has 16 heavy (non-hydrogen) atoms. The van der Waals surface area contributed by atoms with Crippen molar-refractivity contribution in [2.75, 3.05) is 37.9 Å². The number of hydrogen-bond acceptors (Lipinski definition) is 6. The average molecular weight is 244 g/mol. The molecule has 1 heterocycles. The van der Waals surface area contributed by atoms with E-state index < -0.39 is 5.97 Å². The molecule has 0 aliphatic rings. The van der Waals surface area contributed by atoms with Crippen LogP contribution in [0.5, 0.6) is 0 Å². The second-order valence-corrected chi connectivity index (χ2v) is 4.06. The minimum absolute atomic E-state index is 0.402. The van der Waals surface area contributed by atoms with Gasteiger partial charge >= 0.3 is 5.97 Å².